The van der Waals surface area contributed by atoms with Gasteiger partial charge in [0.2, 0.25) is 0 Å². The van der Waals surface area contributed by atoms with Crippen LogP contribution in [0.4, 0.5) is 0 Å². The third kappa shape index (κ3) is 1.93. The van der Waals surface area contributed by atoms with E-state index >= 15 is 0 Å². The van der Waals surface area contributed by atoms with E-state index < -0.39 is 0 Å². The number of nitrogens with one attached hydrogen (secondary N) is 1. The van der Waals surface area contributed by atoms with Gasteiger partial charge in [0.25, 0.3) is 5.91 Å². The summed E-state index contributed by atoms with van der Waals surface area (Å²) >= 11 is 0. The summed E-state index contributed by atoms with van der Waals surface area (Å²) in [5.74, 6) is 5.69. The molecule has 70 valence electrons. The van der Waals surface area contributed by atoms with Crippen LogP contribution >= 0.6 is 0 Å². The lowest BCUT2D eigenvalue weighted by Crippen LogP contribution is -2.40. The first-order chi connectivity index (χ1) is 6.86. The Morgan fingerprint density at radius 3 is 2.50 bits per heavy atom. The maximum Gasteiger partial charge on any atom is 0.265 e. The van der Waals surface area contributed by atoms with Crippen molar-refractivity contribution in [2.45, 2.75) is 0 Å². The summed E-state index contributed by atoms with van der Waals surface area (Å²) in [4.78, 5) is 11.6. The second-order valence-electron chi connectivity index (χ2n) is 3.02. The van der Waals surface area contributed by atoms with Gasteiger partial charge >= 0.3 is 0 Å². The maximum absolute atomic E-state index is 11.6. The van der Waals surface area contributed by atoms with Crippen molar-refractivity contribution in [3.05, 3.63) is 35.9 Å². The summed E-state index contributed by atoms with van der Waals surface area (Å²) in [6.07, 6.45) is 0. The second-order valence-corrected chi connectivity index (χ2v) is 3.02. The fourth-order valence-electron chi connectivity index (χ4n) is 1.24. The quantitative estimate of drug-likeness (QED) is 0.688. The lowest BCUT2D eigenvalue weighted by molar-refractivity contribution is 0.0834. The molecular formula is C11H10N2O. The molecule has 0 bridgehead atoms. The zero-order valence-corrected chi connectivity index (χ0v) is 7.66. The Balaban J connectivity index is 1.96. The molecule has 1 heterocycles. The van der Waals surface area contributed by atoms with Gasteiger partial charge in [-0.15, -0.1) is 0 Å². The van der Waals surface area contributed by atoms with Crippen LogP contribution < -0.4 is 5.43 Å². The Hall–Kier alpha value is -1.79. The molecule has 3 heteroatoms. The first-order valence-electron chi connectivity index (χ1n) is 4.43. The van der Waals surface area contributed by atoms with Crippen LogP contribution in [0.3, 0.4) is 0 Å². The summed E-state index contributed by atoms with van der Waals surface area (Å²) in [7, 11) is 0. The lowest BCUT2D eigenvalue weighted by Gasteiger charge is -2.14. The fourth-order valence-corrected chi connectivity index (χ4v) is 1.24. The molecule has 0 fully saturated rings. The minimum absolute atomic E-state index is 0.0869. The fraction of sp³-hybridized carbons (Fsp3) is 0.182. The normalized spacial score (nSPS) is 14.6. The van der Waals surface area contributed by atoms with Crippen molar-refractivity contribution in [3.63, 3.8) is 0 Å². The molecule has 0 radical (unpaired) electrons. The highest BCUT2D eigenvalue weighted by Gasteiger charge is 2.10. The molecule has 0 spiro atoms. The summed E-state index contributed by atoms with van der Waals surface area (Å²) in [6.45, 7) is 1.22. The van der Waals surface area contributed by atoms with Gasteiger partial charge in [0.15, 0.2) is 0 Å². The summed E-state index contributed by atoms with van der Waals surface area (Å²) in [6, 6.07) is 9.14. The molecule has 14 heavy (non-hydrogen) atoms. The Labute approximate surface area is 82.7 Å². The Kier molecular flexibility index (Phi) is 2.48. The molecule has 1 aromatic carbocycles. The predicted octanol–water partition coefficient (Wildman–Crippen LogP) is 0.650. The minimum atomic E-state index is -0.0869. The number of rotatable bonds is 2. The van der Waals surface area contributed by atoms with E-state index in [1.165, 1.54) is 0 Å². The molecule has 1 aliphatic heterocycles. The highest BCUT2D eigenvalue weighted by Crippen LogP contribution is 1.99. The maximum atomic E-state index is 11.6. The van der Waals surface area contributed by atoms with Gasteiger partial charge in [-0.2, -0.15) is 5.01 Å². The van der Waals surface area contributed by atoms with Crippen molar-refractivity contribution < 1.29 is 4.79 Å². The van der Waals surface area contributed by atoms with E-state index in [1.54, 1.807) is 17.1 Å². The second kappa shape index (κ2) is 3.95. The molecule has 0 aromatic heterocycles. The standard InChI is InChI=1S/C11H10N2O/c14-11(10-6-2-1-3-7-10)12-13-8-4-5-9-13/h1-3,6-7H,8-9H2,(H,12,14). The Morgan fingerprint density at radius 1 is 1.21 bits per heavy atom. The van der Waals surface area contributed by atoms with Crippen LogP contribution in [0.25, 0.3) is 0 Å². The van der Waals surface area contributed by atoms with E-state index in [0.717, 1.165) is 0 Å². The third-order valence-corrected chi connectivity index (χ3v) is 1.96. The number of hydrazine groups is 1. The number of hydrogen-bond donors (Lipinski definition) is 1. The molecular weight excluding hydrogens is 176 g/mol. The number of carbonyl (C=O) groups is 1. The van der Waals surface area contributed by atoms with Gasteiger partial charge in [0.05, 0.1) is 13.1 Å². The van der Waals surface area contributed by atoms with Gasteiger partial charge in [-0.05, 0) is 12.1 Å². The average molecular weight is 186 g/mol. The molecule has 0 unspecified atom stereocenters. The molecule has 0 atom stereocenters. The number of benzene rings is 1. The van der Waals surface area contributed by atoms with Crippen molar-refractivity contribution in [2.75, 3.05) is 13.1 Å². The van der Waals surface area contributed by atoms with Crippen molar-refractivity contribution in [1.82, 2.24) is 10.4 Å². The molecule has 3 nitrogen and oxygen atoms in total. The largest absolute Gasteiger partial charge is 0.283 e. The van der Waals surface area contributed by atoms with E-state index in [-0.39, 0.29) is 5.91 Å². The predicted molar refractivity (Wildman–Crippen MR) is 53.3 cm³/mol. The SMILES string of the molecule is O=C(NN1CC#CC1)c1ccccc1. The van der Waals surface area contributed by atoms with Crippen LogP contribution in [0.2, 0.25) is 0 Å². The van der Waals surface area contributed by atoms with Crippen molar-refractivity contribution in [3.8, 4) is 11.8 Å². The van der Waals surface area contributed by atoms with Gasteiger partial charge in [-0.1, -0.05) is 30.0 Å². The van der Waals surface area contributed by atoms with E-state index in [2.05, 4.69) is 17.3 Å². The highest BCUT2D eigenvalue weighted by atomic mass is 16.2. The Bertz CT molecular complexity index is 379. The van der Waals surface area contributed by atoms with Gasteiger partial charge in [-0.25, -0.2) is 0 Å². The molecule has 1 amide bonds. The average Bonchev–Trinajstić information content (AvgIpc) is 2.72. The van der Waals surface area contributed by atoms with Crippen LogP contribution in [0.5, 0.6) is 0 Å². The van der Waals surface area contributed by atoms with Crippen LogP contribution in [0.15, 0.2) is 30.3 Å². The monoisotopic (exact) mass is 186 g/mol. The van der Waals surface area contributed by atoms with Crippen molar-refractivity contribution >= 4 is 5.91 Å². The van der Waals surface area contributed by atoms with Gasteiger partial charge in [-0.3, -0.25) is 10.2 Å². The van der Waals surface area contributed by atoms with Gasteiger partial charge in [0, 0.05) is 5.56 Å². The summed E-state index contributed by atoms with van der Waals surface area (Å²) in [5, 5.41) is 1.76. The van der Waals surface area contributed by atoms with E-state index in [4.69, 9.17) is 0 Å². The van der Waals surface area contributed by atoms with E-state index in [9.17, 15) is 4.79 Å². The molecule has 1 aromatic rings. The van der Waals surface area contributed by atoms with E-state index in [1.807, 2.05) is 18.2 Å². The molecule has 2 rings (SSSR count). The van der Waals surface area contributed by atoms with E-state index in [0.29, 0.717) is 18.7 Å². The first kappa shape index (κ1) is 8.79. The zero-order chi connectivity index (χ0) is 9.80. The van der Waals surface area contributed by atoms with Crippen molar-refractivity contribution in [1.29, 1.82) is 0 Å². The molecule has 0 aliphatic carbocycles. The van der Waals surface area contributed by atoms with Crippen LogP contribution in [-0.2, 0) is 0 Å². The number of amides is 1. The van der Waals surface area contributed by atoms with Crippen LogP contribution in [0.1, 0.15) is 10.4 Å². The van der Waals surface area contributed by atoms with Crippen LogP contribution in [-0.4, -0.2) is 24.0 Å². The minimum Gasteiger partial charge on any atom is -0.283 e. The Morgan fingerprint density at radius 2 is 1.86 bits per heavy atom. The summed E-state index contributed by atoms with van der Waals surface area (Å²) in [5.41, 5.74) is 3.43. The smallest absolute Gasteiger partial charge is 0.265 e. The van der Waals surface area contributed by atoms with Gasteiger partial charge in [0.1, 0.15) is 0 Å². The summed E-state index contributed by atoms with van der Waals surface area (Å²) < 4.78 is 0. The number of hydrogen-bond acceptors (Lipinski definition) is 2. The third-order valence-electron chi connectivity index (χ3n) is 1.96. The molecule has 1 aliphatic rings. The van der Waals surface area contributed by atoms with Gasteiger partial charge < -0.3 is 0 Å². The zero-order valence-electron chi connectivity index (χ0n) is 7.66. The lowest BCUT2D eigenvalue weighted by atomic mass is 10.2. The van der Waals surface area contributed by atoms with Crippen LogP contribution in [0, 0.1) is 11.8 Å². The topological polar surface area (TPSA) is 32.3 Å². The van der Waals surface area contributed by atoms with Crippen molar-refractivity contribution in [2.24, 2.45) is 0 Å². The highest BCUT2D eigenvalue weighted by molar-refractivity contribution is 5.93. The molecule has 0 saturated carbocycles. The first-order valence-corrected chi connectivity index (χ1v) is 4.43. The number of carbonyl (C=O) groups excluding carboxylic acids is 1. The molecule has 1 N–H and O–H groups in total. The number of nitrogens with zero attached hydrogens (tertiary/aromatic N) is 1. The molecule has 0 saturated heterocycles.